The molecule has 1 heterocycles. The van der Waals surface area contributed by atoms with Crippen LogP contribution < -0.4 is 9.47 Å². The van der Waals surface area contributed by atoms with E-state index in [1.165, 1.54) is 38.5 Å². The van der Waals surface area contributed by atoms with Crippen LogP contribution in [-0.4, -0.2) is 24.5 Å². The summed E-state index contributed by atoms with van der Waals surface area (Å²) in [4.78, 5) is 11.9. The number of carbonyl (C=O) groups is 1. The predicted octanol–water partition coefficient (Wildman–Crippen LogP) is 4.87. The molecule has 3 aliphatic rings. The smallest absolute Gasteiger partial charge is 0.373 e. The van der Waals surface area contributed by atoms with E-state index in [0.29, 0.717) is 23.3 Å². The Morgan fingerprint density at radius 3 is 2.15 bits per heavy atom. The third-order valence-electron chi connectivity index (χ3n) is 6.77. The van der Waals surface area contributed by atoms with Crippen LogP contribution in [0.15, 0.2) is 18.2 Å². The lowest BCUT2D eigenvalue weighted by atomic mass is 9.63. The first-order chi connectivity index (χ1) is 13.2. The summed E-state index contributed by atoms with van der Waals surface area (Å²) in [5, 5.41) is 9.77. The standard InChI is InChI=1S/C22H30O5/c1-25-18-14-8-13-17-19(18)26-21(20(23)24)27-22(17,15-9-4-2-5-10-15)16-11-6-3-7-12-16/h8,13-16,21H,2-7,9-12H2,1H3,(H,23,24). The summed E-state index contributed by atoms with van der Waals surface area (Å²) < 4.78 is 17.8. The van der Waals surface area contributed by atoms with E-state index in [2.05, 4.69) is 6.07 Å². The average Bonchev–Trinajstić information content (AvgIpc) is 2.73. The predicted molar refractivity (Wildman–Crippen MR) is 101 cm³/mol. The number of ether oxygens (including phenoxy) is 3. The van der Waals surface area contributed by atoms with Crippen molar-refractivity contribution in [1.82, 2.24) is 0 Å². The SMILES string of the molecule is COc1cccc2c1OC(C(=O)O)OC2(C1CCCCC1)C1CCCCC1. The van der Waals surface area contributed by atoms with Gasteiger partial charge in [0.1, 0.15) is 5.60 Å². The van der Waals surface area contributed by atoms with Crippen molar-refractivity contribution in [2.45, 2.75) is 76.1 Å². The van der Waals surface area contributed by atoms with E-state index in [9.17, 15) is 9.90 Å². The molecular formula is C22H30O5. The highest BCUT2D eigenvalue weighted by Gasteiger charge is 2.55. The maximum Gasteiger partial charge on any atom is 0.373 e. The first-order valence-corrected chi connectivity index (χ1v) is 10.4. The maximum absolute atomic E-state index is 11.9. The number of methoxy groups -OCH3 is 1. The summed E-state index contributed by atoms with van der Waals surface area (Å²) in [5.41, 5.74) is 0.407. The normalized spacial score (nSPS) is 26.0. The molecule has 27 heavy (non-hydrogen) atoms. The number of fused-ring (bicyclic) bond motifs is 1. The van der Waals surface area contributed by atoms with Gasteiger partial charge in [0.2, 0.25) is 0 Å². The first-order valence-electron chi connectivity index (χ1n) is 10.4. The lowest BCUT2D eigenvalue weighted by Crippen LogP contribution is -2.54. The molecular weight excluding hydrogens is 344 g/mol. The molecule has 0 bridgehead atoms. The highest BCUT2D eigenvalue weighted by Crippen LogP contribution is 2.57. The Morgan fingerprint density at radius 1 is 1.04 bits per heavy atom. The van der Waals surface area contributed by atoms with Gasteiger partial charge in [0.25, 0.3) is 6.29 Å². The summed E-state index contributed by atoms with van der Waals surface area (Å²) in [6.07, 6.45) is 10.3. The van der Waals surface area contributed by atoms with Gasteiger partial charge in [-0.2, -0.15) is 0 Å². The molecule has 1 aliphatic heterocycles. The molecule has 1 unspecified atom stereocenters. The van der Waals surface area contributed by atoms with Gasteiger partial charge in [0.15, 0.2) is 11.5 Å². The van der Waals surface area contributed by atoms with Gasteiger partial charge >= 0.3 is 5.97 Å². The molecule has 1 N–H and O–H groups in total. The third kappa shape index (κ3) is 3.20. The van der Waals surface area contributed by atoms with Crippen LogP contribution in [0.3, 0.4) is 0 Å². The zero-order valence-electron chi connectivity index (χ0n) is 16.1. The van der Waals surface area contributed by atoms with Crippen LogP contribution in [0.1, 0.15) is 69.8 Å². The molecule has 0 radical (unpaired) electrons. The zero-order chi connectivity index (χ0) is 18.9. The molecule has 0 amide bonds. The molecule has 5 heteroatoms. The highest BCUT2D eigenvalue weighted by molar-refractivity contribution is 5.72. The van der Waals surface area contributed by atoms with Crippen LogP contribution >= 0.6 is 0 Å². The van der Waals surface area contributed by atoms with Crippen molar-refractivity contribution in [3.8, 4) is 11.5 Å². The third-order valence-corrected chi connectivity index (χ3v) is 6.77. The van der Waals surface area contributed by atoms with E-state index < -0.39 is 17.9 Å². The fourth-order valence-corrected chi connectivity index (χ4v) is 5.61. The van der Waals surface area contributed by atoms with Gasteiger partial charge in [-0.3, -0.25) is 0 Å². The summed E-state index contributed by atoms with van der Waals surface area (Å²) in [6.45, 7) is 0. The summed E-state index contributed by atoms with van der Waals surface area (Å²) >= 11 is 0. The molecule has 2 aliphatic carbocycles. The maximum atomic E-state index is 11.9. The van der Waals surface area contributed by atoms with E-state index in [1.54, 1.807) is 7.11 Å². The van der Waals surface area contributed by atoms with E-state index >= 15 is 0 Å². The van der Waals surface area contributed by atoms with Crippen molar-refractivity contribution in [2.24, 2.45) is 11.8 Å². The zero-order valence-corrected chi connectivity index (χ0v) is 16.1. The lowest BCUT2D eigenvalue weighted by Gasteiger charge is -2.52. The number of aliphatic carboxylic acids is 1. The quantitative estimate of drug-likeness (QED) is 0.814. The molecule has 2 fully saturated rings. The topological polar surface area (TPSA) is 65.0 Å². The van der Waals surface area contributed by atoms with Gasteiger partial charge in [-0.25, -0.2) is 4.79 Å². The second-order valence-corrected chi connectivity index (χ2v) is 8.21. The molecule has 1 atom stereocenters. The van der Waals surface area contributed by atoms with E-state index in [1.807, 2.05) is 12.1 Å². The van der Waals surface area contributed by atoms with E-state index in [-0.39, 0.29) is 0 Å². The van der Waals surface area contributed by atoms with Crippen molar-refractivity contribution >= 4 is 5.97 Å². The molecule has 2 saturated carbocycles. The number of para-hydroxylation sites is 1. The molecule has 0 spiro atoms. The summed E-state index contributed by atoms with van der Waals surface area (Å²) in [7, 11) is 1.60. The Kier molecular flexibility index (Phi) is 5.31. The van der Waals surface area contributed by atoms with Crippen molar-refractivity contribution in [3.63, 3.8) is 0 Å². The van der Waals surface area contributed by atoms with Crippen LogP contribution in [0.25, 0.3) is 0 Å². The minimum absolute atomic E-state index is 0.325. The van der Waals surface area contributed by atoms with Crippen LogP contribution in [0.4, 0.5) is 0 Å². The fraction of sp³-hybridized carbons (Fsp3) is 0.682. The monoisotopic (exact) mass is 374 g/mol. The van der Waals surface area contributed by atoms with E-state index in [4.69, 9.17) is 14.2 Å². The molecule has 1 aromatic carbocycles. The lowest BCUT2D eigenvalue weighted by molar-refractivity contribution is -0.252. The molecule has 0 saturated heterocycles. The molecule has 1 aromatic rings. The van der Waals surface area contributed by atoms with Gasteiger partial charge in [-0.05, 0) is 43.6 Å². The van der Waals surface area contributed by atoms with Crippen LogP contribution in [-0.2, 0) is 15.1 Å². The first kappa shape index (κ1) is 18.6. The second kappa shape index (κ2) is 7.70. The van der Waals surface area contributed by atoms with Crippen LogP contribution in [0, 0.1) is 11.8 Å². The Balaban J connectivity index is 1.88. The van der Waals surface area contributed by atoms with Gasteiger partial charge in [-0.1, -0.05) is 50.7 Å². The fourth-order valence-electron chi connectivity index (χ4n) is 5.61. The van der Waals surface area contributed by atoms with Crippen molar-refractivity contribution in [1.29, 1.82) is 0 Å². The number of carboxylic acid groups (broad SMARTS) is 1. The molecule has 148 valence electrons. The van der Waals surface area contributed by atoms with Gasteiger partial charge in [-0.15, -0.1) is 0 Å². The Labute approximate surface area is 161 Å². The second-order valence-electron chi connectivity index (χ2n) is 8.21. The average molecular weight is 374 g/mol. The minimum atomic E-state index is -1.28. The number of hydrogen-bond acceptors (Lipinski definition) is 4. The largest absolute Gasteiger partial charge is 0.493 e. The van der Waals surface area contributed by atoms with Crippen molar-refractivity contribution in [3.05, 3.63) is 23.8 Å². The minimum Gasteiger partial charge on any atom is -0.493 e. The van der Waals surface area contributed by atoms with Gasteiger partial charge in [0.05, 0.1) is 7.11 Å². The van der Waals surface area contributed by atoms with E-state index in [0.717, 1.165) is 31.2 Å². The Bertz CT molecular complexity index is 655. The van der Waals surface area contributed by atoms with Gasteiger partial charge < -0.3 is 19.3 Å². The molecule has 5 nitrogen and oxygen atoms in total. The van der Waals surface area contributed by atoms with Crippen LogP contribution in [0.5, 0.6) is 11.5 Å². The molecule has 0 aromatic heterocycles. The number of rotatable bonds is 4. The number of hydrogen-bond donors (Lipinski definition) is 1. The number of carboxylic acids is 1. The highest BCUT2D eigenvalue weighted by atomic mass is 16.7. The molecule has 4 rings (SSSR count). The summed E-state index contributed by atoms with van der Waals surface area (Å²) in [5.74, 6) is 0.743. The number of benzene rings is 1. The Morgan fingerprint density at radius 2 is 1.63 bits per heavy atom. The Hall–Kier alpha value is -1.75. The summed E-state index contributed by atoms with van der Waals surface area (Å²) in [6, 6.07) is 5.89. The van der Waals surface area contributed by atoms with Gasteiger partial charge in [0, 0.05) is 5.56 Å². The van der Waals surface area contributed by atoms with Crippen molar-refractivity contribution in [2.75, 3.05) is 7.11 Å². The van der Waals surface area contributed by atoms with Crippen LogP contribution in [0.2, 0.25) is 0 Å². The van der Waals surface area contributed by atoms with Crippen molar-refractivity contribution < 1.29 is 24.1 Å².